The third-order valence-electron chi connectivity index (χ3n) is 3.50. The van der Waals surface area contributed by atoms with Gasteiger partial charge in [0.2, 0.25) is 0 Å². The summed E-state index contributed by atoms with van der Waals surface area (Å²) >= 11 is 0. The van der Waals surface area contributed by atoms with E-state index in [-0.39, 0.29) is 0 Å². The van der Waals surface area contributed by atoms with Crippen LogP contribution < -0.4 is 15.8 Å². The highest BCUT2D eigenvalue weighted by molar-refractivity contribution is 5.98. The van der Waals surface area contributed by atoms with Crippen LogP contribution >= 0.6 is 0 Å². The first kappa shape index (κ1) is 15.6. The summed E-state index contributed by atoms with van der Waals surface area (Å²) in [7, 11) is 0. The van der Waals surface area contributed by atoms with Crippen LogP contribution in [0.5, 0.6) is 11.5 Å². The molecule has 0 spiro atoms. The Bertz CT molecular complexity index is 835. The van der Waals surface area contributed by atoms with E-state index in [0.717, 1.165) is 17.1 Å². The summed E-state index contributed by atoms with van der Waals surface area (Å²) in [5.41, 5.74) is 7.34. The molecule has 0 bridgehead atoms. The van der Waals surface area contributed by atoms with Gasteiger partial charge in [-0.05, 0) is 24.3 Å². The molecule has 1 aromatic heterocycles. The summed E-state index contributed by atoms with van der Waals surface area (Å²) in [6, 6.07) is 19.0. The van der Waals surface area contributed by atoms with E-state index in [1.807, 2.05) is 54.6 Å². The fraction of sp³-hybridized carbons (Fsp3) is 0.0526. The molecule has 0 fully saturated rings. The maximum atomic E-state index is 11.5. The third-order valence-corrected chi connectivity index (χ3v) is 3.50. The van der Waals surface area contributed by atoms with Crippen LogP contribution in [0, 0.1) is 0 Å². The summed E-state index contributed by atoms with van der Waals surface area (Å²) in [5, 5.41) is 3.22. The lowest BCUT2D eigenvalue weighted by Crippen LogP contribution is -2.14. The molecule has 120 valence electrons. The van der Waals surface area contributed by atoms with Crippen molar-refractivity contribution in [1.29, 1.82) is 0 Å². The average Bonchev–Trinajstić information content (AvgIpc) is 2.62. The number of nitrogens with zero attached hydrogens (tertiary/aromatic N) is 1. The maximum absolute atomic E-state index is 11.5. The second kappa shape index (κ2) is 7.28. The first-order valence-electron chi connectivity index (χ1n) is 7.52. The Kier molecular flexibility index (Phi) is 4.72. The zero-order valence-electron chi connectivity index (χ0n) is 13.0. The van der Waals surface area contributed by atoms with Crippen LogP contribution in [0.25, 0.3) is 0 Å². The quantitative estimate of drug-likeness (QED) is 0.728. The van der Waals surface area contributed by atoms with E-state index in [9.17, 15) is 4.79 Å². The zero-order valence-corrected chi connectivity index (χ0v) is 13.0. The lowest BCUT2D eigenvalue weighted by atomic mass is 10.1. The Balaban J connectivity index is 1.78. The highest BCUT2D eigenvalue weighted by Crippen LogP contribution is 2.26. The third kappa shape index (κ3) is 3.70. The Morgan fingerprint density at radius 1 is 1.04 bits per heavy atom. The molecule has 0 saturated carbocycles. The summed E-state index contributed by atoms with van der Waals surface area (Å²) < 4.78 is 5.93. The van der Waals surface area contributed by atoms with Crippen molar-refractivity contribution in [2.45, 2.75) is 6.54 Å². The molecular weight excluding hydrogens is 302 g/mol. The lowest BCUT2D eigenvalue weighted by Gasteiger charge is -2.13. The number of hydrogen-bond acceptors (Lipinski definition) is 4. The van der Waals surface area contributed by atoms with E-state index in [4.69, 9.17) is 10.5 Å². The second-order valence-electron chi connectivity index (χ2n) is 5.16. The van der Waals surface area contributed by atoms with Crippen molar-refractivity contribution in [3.8, 4) is 11.5 Å². The molecule has 0 radical (unpaired) electrons. The number of amides is 1. The molecule has 3 N–H and O–H groups in total. The van der Waals surface area contributed by atoms with Crippen LogP contribution in [0.3, 0.4) is 0 Å². The molecule has 5 heteroatoms. The van der Waals surface area contributed by atoms with E-state index in [1.165, 1.54) is 6.20 Å². The van der Waals surface area contributed by atoms with Gasteiger partial charge >= 0.3 is 0 Å². The average molecular weight is 319 g/mol. The number of primary amides is 1. The molecule has 2 aromatic carbocycles. The number of pyridine rings is 1. The molecule has 0 unspecified atom stereocenters. The van der Waals surface area contributed by atoms with Gasteiger partial charge in [-0.25, -0.2) is 0 Å². The number of carbonyl (C=O) groups is 1. The van der Waals surface area contributed by atoms with Crippen molar-refractivity contribution in [2.24, 2.45) is 5.73 Å². The van der Waals surface area contributed by atoms with Gasteiger partial charge in [-0.15, -0.1) is 0 Å². The predicted octanol–water partition coefficient (Wildman–Crippen LogP) is 3.58. The molecule has 0 atom stereocenters. The smallest absolute Gasteiger partial charge is 0.252 e. The van der Waals surface area contributed by atoms with Gasteiger partial charge in [0.25, 0.3) is 5.91 Å². The van der Waals surface area contributed by atoms with Crippen LogP contribution in [-0.4, -0.2) is 10.9 Å². The standard InChI is InChI=1S/C19H17N3O2/c20-19(23)16-13-21-11-10-17(16)22-12-14-6-4-5-9-18(14)24-15-7-2-1-3-8-15/h1-11,13H,12H2,(H2,20,23)(H,21,22). The van der Waals surface area contributed by atoms with Crippen LogP contribution in [0.4, 0.5) is 5.69 Å². The highest BCUT2D eigenvalue weighted by Gasteiger charge is 2.09. The summed E-state index contributed by atoms with van der Waals surface area (Å²) in [6.45, 7) is 0.493. The molecule has 24 heavy (non-hydrogen) atoms. The van der Waals surface area contributed by atoms with Crippen molar-refractivity contribution >= 4 is 11.6 Å². The normalized spacial score (nSPS) is 10.2. The largest absolute Gasteiger partial charge is 0.457 e. The molecule has 0 saturated heterocycles. The molecule has 1 heterocycles. The topological polar surface area (TPSA) is 77.2 Å². The fourth-order valence-corrected chi connectivity index (χ4v) is 2.30. The van der Waals surface area contributed by atoms with Crippen LogP contribution in [0.15, 0.2) is 73.1 Å². The van der Waals surface area contributed by atoms with Crippen LogP contribution in [0.1, 0.15) is 15.9 Å². The first-order valence-corrected chi connectivity index (χ1v) is 7.52. The molecular formula is C19H17N3O2. The number of nitrogens with one attached hydrogen (secondary N) is 1. The van der Waals surface area contributed by atoms with Gasteiger partial charge in [-0.1, -0.05) is 36.4 Å². The summed E-state index contributed by atoms with van der Waals surface area (Å²) in [6.07, 6.45) is 3.07. The SMILES string of the molecule is NC(=O)c1cnccc1NCc1ccccc1Oc1ccccc1. The van der Waals surface area contributed by atoms with Crippen molar-refractivity contribution in [2.75, 3.05) is 5.32 Å². The molecule has 0 aliphatic heterocycles. The Labute approximate surface area is 140 Å². The number of anilines is 1. The van der Waals surface area contributed by atoms with Gasteiger partial charge in [0.05, 0.1) is 11.3 Å². The van der Waals surface area contributed by atoms with E-state index >= 15 is 0 Å². The molecule has 0 aliphatic rings. The number of aromatic nitrogens is 1. The van der Waals surface area contributed by atoms with Crippen molar-refractivity contribution < 1.29 is 9.53 Å². The van der Waals surface area contributed by atoms with Crippen molar-refractivity contribution in [1.82, 2.24) is 4.98 Å². The molecule has 3 aromatic rings. The molecule has 0 aliphatic carbocycles. The van der Waals surface area contributed by atoms with E-state index in [2.05, 4.69) is 10.3 Å². The minimum atomic E-state index is -0.514. The minimum absolute atomic E-state index is 0.360. The van der Waals surface area contributed by atoms with Crippen molar-refractivity contribution in [3.63, 3.8) is 0 Å². The molecule has 1 amide bonds. The minimum Gasteiger partial charge on any atom is -0.457 e. The Morgan fingerprint density at radius 3 is 2.58 bits per heavy atom. The first-order chi connectivity index (χ1) is 11.7. The number of benzene rings is 2. The Morgan fingerprint density at radius 2 is 1.79 bits per heavy atom. The zero-order chi connectivity index (χ0) is 16.8. The van der Waals surface area contributed by atoms with E-state index < -0.39 is 5.91 Å². The Hall–Kier alpha value is -3.34. The van der Waals surface area contributed by atoms with Gasteiger partial charge in [0, 0.05) is 24.5 Å². The van der Waals surface area contributed by atoms with E-state index in [0.29, 0.717) is 17.8 Å². The summed E-state index contributed by atoms with van der Waals surface area (Å²) in [5.74, 6) is 1.01. The van der Waals surface area contributed by atoms with E-state index in [1.54, 1.807) is 12.3 Å². The predicted molar refractivity (Wildman–Crippen MR) is 93.0 cm³/mol. The number of hydrogen-bond donors (Lipinski definition) is 2. The van der Waals surface area contributed by atoms with Gasteiger partial charge in [-0.2, -0.15) is 0 Å². The number of rotatable bonds is 6. The van der Waals surface area contributed by atoms with Gasteiger partial charge < -0.3 is 15.8 Å². The number of carbonyl (C=O) groups excluding carboxylic acids is 1. The molecule has 5 nitrogen and oxygen atoms in total. The van der Waals surface area contributed by atoms with Gasteiger partial charge in [0.15, 0.2) is 0 Å². The number of nitrogens with two attached hydrogens (primary N) is 1. The molecule has 3 rings (SSSR count). The maximum Gasteiger partial charge on any atom is 0.252 e. The number of ether oxygens (including phenoxy) is 1. The summed E-state index contributed by atoms with van der Waals surface area (Å²) in [4.78, 5) is 15.4. The van der Waals surface area contributed by atoms with Gasteiger partial charge in [-0.3, -0.25) is 9.78 Å². The van der Waals surface area contributed by atoms with Crippen LogP contribution in [-0.2, 0) is 6.54 Å². The lowest BCUT2D eigenvalue weighted by molar-refractivity contribution is 0.100. The monoisotopic (exact) mass is 319 g/mol. The fourth-order valence-electron chi connectivity index (χ4n) is 2.30. The second-order valence-corrected chi connectivity index (χ2v) is 5.16. The highest BCUT2D eigenvalue weighted by atomic mass is 16.5. The van der Waals surface area contributed by atoms with Crippen LogP contribution in [0.2, 0.25) is 0 Å². The van der Waals surface area contributed by atoms with Crippen molar-refractivity contribution in [3.05, 3.63) is 84.2 Å². The van der Waals surface area contributed by atoms with Gasteiger partial charge in [0.1, 0.15) is 11.5 Å². The number of para-hydroxylation sites is 2.